The van der Waals surface area contributed by atoms with Crippen molar-refractivity contribution < 1.29 is 0 Å². The Labute approximate surface area is 84.9 Å². The molecule has 0 aliphatic carbocycles. The normalized spacial score (nSPS) is 11.4. The highest BCUT2D eigenvalue weighted by atomic mass is 79.9. The molecule has 4 heteroatoms. The third-order valence-electron chi connectivity index (χ3n) is 1.91. The lowest BCUT2D eigenvalue weighted by Gasteiger charge is -2.04. The van der Waals surface area contributed by atoms with E-state index in [0.717, 1.165) is 15.6 Å². The van der Waals surface area contributed by atoms with Crippen LogP contribution < -0.4 is 0 Å². The predicted molar refractivity (Wildman–Crippen MR) is 55.6 cm³/mol. The van der Waals surface area contributed by atoms with E-state index in [0.29, 0.717) is 6.04 Å². The number of pyridine rings is 1. The molecule has 3 nitrogen and oxygen atoms in total. The van der Waals surface area contributed by atoms with Crippen molar-refractivity contribution in [2.75, 3.05) is 0 Å². The van der Waals surface area contributed by atoms with Crippen LogP contribution in [-0.2, 0) is 0 Å². The lowest BCUT2D eigenvalue weighted by atomic mass is 10.3. The van der Waals surface area contributed by atoms with Gasteiger partial charge in [-0.2, -0.15) is 5.10 Å². The molecule has 0 aromatic carbocycles. The lowest BCUT2D eigenvalue weighted by molar-refractivity contribution is 0.543. The molecular weight excluding hydrogens is 230 g/mol. The minimum absolute atomic E-state index is 0.337. The fourth-order valence-electron chi connectivity index (χ4n) is 1.30. The summed E-state index contributed by atoms with van der Waals surface area (Å²) in [4.78, 5) is 4.29. The van der Waals surface area contributed by atoms with E-state index < -0.39 is 0 Å². The average Bonchev–Trinajstić information content (AvgIpc) is 2.45. The Hall–Kier alpha value is -0.900. The monoisotopic (exact) mass is 239 g/mol. The van der Waals surface area contributed by atoms with Crippen molar-refractivity contribution in [3.8, 4) is 0 Å². The largest absolute Gasteiger partial charge is 0.244 e. The molecule has 0 fully saturated rings. The molecule has 0 N–H and O–H groups in total. The summed E-state index contributed by atoms with van der Waals surface area (Å²) in [5.74, 6) is 0. The van der Waals surface area contributed by atoms with Crippen LogP contribution in [0.25, 0.3) is 11.0 Å². The predicted octanol–water partition coefficient (Wildman–Crippen LogP) is 2.77. The van der Waals surface area contributed by atoms with Gasteiger partial charge < -0.3 is 0 Å². The van der Waals surface area contributed by atoms with E-state index in [4.69, 9.17) is 0 Å². The maximum atomic E-state index is 4.36. The van der Waals surface area contributed by atoms with E-state index in [2.05, 4.69) is 39.9 Å². The molecule has 0 aliphatic heterocycles. The first kappa shape index (κ1) is 8.69. The van der Waals surface area contributed by atoms with E-state index in [1.54, 1.807) is 6.20 Å². The van der Waals surface area contributed by atoms with Crippen molar-refractivity contribution in [2.45, 2.75) is 19.9 Å². The fraction of sp³-hybridized carbons (Fsp3) is 0.333. The zero-order chi connectivity index (χ0) is 9.42. The Balaban J connectivity index is 2.78. The number of halogens is 1. The summed E-state index contributed by atoms with van der Waals surface area (Å²) in [7, 11) is 0. The average molecular weight is 240 g/mol. The van der Waals surface area contributed by atoms with E-state index in [1.165, 1.54) is 0 Å². The van der Waals surface area contributed by atoms with Gasteiger partial charge in [0.15, 0.2) is 5.65 Å². The van der Waals surface area contributed by atoms with Gasteiger partial charge in [-0.05, 0) is 41.9 Å². The number of fused-ring (bicyclic) bond motifs is 1. The first-order valence-corrected chi connectivity index (χ1v) is 4.98. The van der Waals surface area contributed by atoms with Crippen molar-refractivity contribution in [3.63, 3.8) is 0 Å². The van der Waals surface area contributed by atoms with Gasteiger partial charge in [-0.25, -0.2) is 9.67 Å². The number of hydrogen-bond donors (Lipinski definition) is 0. The van der Waals surface area contributed by atoms with E-state index in [9.17, 15) is 0 Å². The fourth-order valence-corrected chi connectivity index (χ4v) is 1.78. The Morgan fingerprint density at radius 2 is 2.23 bits per heavy atom. The molecule has 2 aromatic heterocycles. The van der Waals surface area contributed by atoms with Gasteiger partial charge in [-0.15, -0.1) is 0 Å². The first-order valence-electron chi connectivity index (χ1n) is 4.19. The molecule has 0 unspecified atom stereocenters. The van der Waals surface area contributed by atoms with Gasteiger partial charge in [0.1, 0.15) is 4.60 Å². The summed E-state index contributed by atoms with van der Waals surface area (Å²) >= 11 is 3.41. The number of hydrogen-bond acceptors (Lipinski definition) is 2. The standard InChI is InChI=1S/C9H10BrN3/c1-6(2)13-9-7(8(10)12-13)4-3-5-11-9/h3-6H,1-2H3. The van der Waals surface area contributed by atoms with Crippen LogP contribution in [0.15, 0.2) is 22.9 Å². The third kappa shape index (κ3) is 1.35. The molecule has 0 saturated heterocycles. The van der Waals surface area contributed by atoms with Gasteiger partial charge in [0.25, 0.3) is 0 Å². The minimum atomic E-state index is 0.337. The number of aromatic nitrogens is 3. The van der Waals surface area contributed by atoms with Crippen LogP contribution in [0.3, 0.4) is 0 Å². The van der Waals surface area contributed by atoms with Crippen LogP contribution in [0.5, 0.6) is 0 Å². The van der Waals surface area contributed by atoms with E-state index >= 15 is 0 Å². The summed E-state index contributed by atoms with van der Waals surface area (Å²) in [6.07, 6.45) is 1.79. The zero-order valence-electron chi connectivity index (χ0n) is 7.53. The van der Waals surface area contributed by atoms with Crippen molar-refractivity contribution in [2.24, 2.45) is 0 Å². The Bertz CT molecular complexity index is 433. The smallest absolute Gasteiger partial charge is 0.159 e. The molecule has 0 saturated carbocycles. The molecule has 0 bridgehead atoms. The van der Waals surface area contributed by atoms with Gasteiger partial charge in [0.05, 0.1) is 5.39 Å². The van der Waals surface area contributed by atoms with Crippen LogP contribution in [0.1, 0.15) is 19.9 Å². The van der Waals surface area contributed by atoms with Gasteiger partial charge in [0, 0.05) is 12.2 Å². The van der Waals surface area contributed by atoms with Crippen LogP contribution in [-0.4, -0.2) is 14.8 Å². The van der Waals surface area contributed by atoms with Crippen molar-refractivity contribution >= 4 is 27.0 Å². The van der Waals surface area contributed by atoms with Gasteiger partial charge in [-0.1, -0.05) is 0 Å². The van der Waals surface area contributed by atoms with E-state index in [-0.39, 0.29) is 0 Å². The van der Waals surface area contributed by atoms with Crippen LogP contribution in [0, 0.1) is 0 Å². The van der Waals surface area contributed by atoms with Crippen molar-refractivity contribution in [3.05, 3.63) is 22.9 Å². The Kier molecular flexibility index (Phi) is 2.07. The van der Waals surface area contributed by atoms with Crippen LogP contribution in [0.4, 0.5) is 0 Å². The molecule has 0 amide bonds. The second-order valence-electron chi connectivity index (χ2n) is 3.20. The molecule has 0 aliphatic rings. The molecule has 13 heavy (non-hydrogen) atoms. The van der Waals surface area contributed by atoms with E-state index in [1.807, 2.05) is 16.8 Å². The topological polar surface area (TPSA) is 30.7 Å². The Morgan fingerprint density at radius 1 is 1.46 bits per heavy atom. The third-order valence-corrected chi connectivity index (χ3v) is 2.50. The maximum Gasteiger partial charge on any atom is 0.159 e. The van der Waals surface area contributed by atoms with Crippen LogP contribution in [0.2, 0.25) is 0 Å². The molecule has 68 valence electrons. The van der Waals surface area contributed by atoms with Crippen LogP contribution >= 0.6 is 15.9 Å². The molecule has 2 aromatic rings. The Morgan fingerprint density at radius 3 is 2.92 bits per heavy atom. The summed E-state index contributed by atoms with van der Waals surface area (Å²) in [5, 5.41) is 5.43. The first-order chi connectivity index (χ1) is 6.20. The molecule has 0 spiro atoms. The number of nitrogens with zero attached hydrogens (tertiary/aromatic N) is 3. The molecular formula is C9H10BrN3. The highest BCUT2D eigenvalue weighted by Gasteiger charge is 2.10. The minimum Gasteiger partial charge on any atom is -0.244 e. The highest BCUT2D eigenvalue weighted by molar-refractivity contribution is 9.10. The maximum absolute atomic E-state index is 4.36. The number of rotatable bonds is 1. The summed E-state index contributed by atoms with van der Waals surface area (Å²) in [5.41, 5.74) is 0.935. The quantitative estimate of drug-likeness (QED) is 0.767. The van der Waals surface area contributed by atoms with Gasteiger partial charge in [0.2, 0.25) is 0 Å². The second kappa shape index (κ2) is 3.10. The van der Waals surface area contributed by atoms with Crippen molar-refractivity contribution in [1.82, 2.24) is 14.8 Å². The summed E-state index contributed by atoms with van der Waals surface area (Å²) < 4.78 is 2.78. The summed E-state index contributed by atoms with van der Waals surface area (Å²) in [6, 6.07) is 4.27. The molecule has 2 rings (SSSR count). The van der Waals surface area contributed by atoms with Gasteiger partial charge in [-0.3, -0.25) is 0 Å². The molecule has 2 heterocycles. The van der Waals surface area contributed by atoms with Gasteiger partial charge >= 0.3 is 0 Å². The summed E-state index contributed by atoms with van der Waals surface area (Å²) in [6.45, 7) is 4.18. The SMILES string of the molecule is CC(C)n1nc(Br)c2cccnc21. The molecule has 0 radical (unpaired) electrons. The zero-order valence-corrected chi connectivity index (χ0v) is 9.12. The highest BCUT2D eigenvalue weighted by Crippen LogP contribution is 2.23. The van der Waals surface area contributed by atoms with Crippen molar-refractivity contribution in [1.29, 1.82) is 0 Å². The lowest BCUT2D eigenvalue weighted by Crippen LogP contribution is -2.03. The second-order valence-corrected chi connectivity index (χ2v) is 3.95. The molecule has 0 atom stereocenters.